The maximum Gasteiger partial charge on any atom is 0.253 e. The predicted molar refractivity (Wildman–Crippen MR) is 124 cm³/mol. The van der Waals surface area contributed by atoms with E-state index in [9.17, 15) is 9.90 Å². The molecule has 4 rings (SSSR count). The van der Waals surface area contributed by atoms with E-state index in [1.807, 2.05) is 48.5 Å². The molecule has 2 heterocycles. The minimum absolute atomic E-state index is 0.114. The summed E-state index contributed by atoms with van der Waals surface area (Å²) in [6.07, 6.45) is 1.45. The molecule has 1 aromatic heterocycles. The lowest BCUT2D eigenvalue weighted by Crippen LogP contribution is -2.48. The van der Waals surface area contributed by atoms with Crippen molar-refractivity contribution in [1.29, 1.82) is 0 Å². The third-order valence-electron chi connectivity index (χ3n) is 6.29. The second-order valence-electron chi connectivity index (χ2n) is 8.46. The van der Waals surface area contributed by atoms with Gasteiger partial charge in [0.05, 0.1) is 17.1 Å². The molecule has 1 fully saturated rings. The number of imidazole rings is 1. The van der Waals surface area contributed by atoms with E-state index in [4.69, 9.17) is 15.5 Å². The molecular formula is C25H32N4O3. The van der Waals surface area contributed by atoms with E-state index in [0.717, 1.165) is 48.2 Å². The van der Waals surface area contributed by atoms with Crippen LogP contribution in [-0.2, 0) is 16.1 Å². The standard InChI is InChI=1S/C25H32N4O3/c1-32-16-8-15-29-21-13-6-5-12-20(21)27-24(29)19-11-7-14-28(17-19)25(31)23(30)22(26)18-9-3-2-4-10-18/h2-6,9-10,12-13,19,22-23,30H,7-8,11,14-17,26H2,1H3/t19-,22-,23-/m1/s1. The van der Waals surface area contributed by atoms with Gasteiger partial charge in [-0.2, -0.15) is 0 Å². The van der Waals surface area contributed by atoms with Crippen molar-refractivity contribution in [2.24, 2.45) is 5.73 Å². The van der Waals surface area contributed by atoms with Gasteiger partial charge >= 0.3 is 0 Å². The molecule has 170 valence electrons. The van der Waals surface area contributed by atoms with Crippen molar-refractivity contribution in [3.8, 4) is 0 Å². The van der Waals surface area contributed by atoms with E-state index < -0.39 is 12.1 Å². The van der Waals surface area contributed by atoms with Gasteiger partial charge in [0, 0.05) is 39.3 Å². The zero-order chi connectivity index (χ0) is 22.5. The van der Waals surface area contributed by atoms with Crippen LogP contribution < -0.4 is 5.73 Å². The van der Waals surface area contributed by atoms with Crippen molar-refractivity contribution in [2.75, 3.05) is 26.8 Å². The second-order valence-corrected chi connectivity index (χ2v) is 8.46. The molecule has 1 amide bonds. The van der Waals surface area contributed by atoms with E-state index in [0.29, 0.717) is 19.7 Å². The van der Waals surface area contributed by atoms with Gasteiger partial charge in [-0.25, -0.2) is 4.98 Å². The molecule has 0 bridgehead atoms. The SMILES string of the molecule is COCCCn1c([C@@H]2CCCN(C(=O)[C@H](O)[C@H](N)c3ccccc3)C2)nc2ccccc21. The smallest absolute Gasteiger partial charge is 0.253 e. The maximum atomic E-state index is 13.1. The third kappa shape index (κ3) is 4.70. The van der Waals surface area contributed by atoms with E-state index in [-0.39, 0.29) is 11.8 Å². The summed E-state index contributed by atoms with van der Waals surface area (Å²) in [5.74, 6) is 0.803. The number of aryl methyl sites for hydroxylation is 1. The summed E-state index contributed by atoms with van der Waals surface area (Å²) in [6.45, 7) is 2.66. The number of likely N-dealkylation sites (tertiary alicyclic amines) is 1. The number of aliphatic hydroxyl groups is 1. The fourth-order valence-corrected chi connectivity index (χ4v) is 4.59. The van der Waals surface area contributed by atoms with Gasteiger partial charge in [-0.05, 0) is 37.0 Å². The summed E-state index contributed by atoms with van der Waals surface area (Å²) in [4.78, 5) is 19.8. The second kappa shape index (κ2) is 10.3. The molecule has 3 atom stereocenters. The molecule has 7 heteroatoms. The fraction of sp³-hybridized carbons (Fsp3) is 0.440. The number of rotatable bonds is 8. The Labute approximate surface area is 188 Å². The average molecular weight is 437 g/mol. The minimum atomic E-state index is -1.27. The topological polar surface area (TPSA) is 93.6 Å². The van der Waals surface area contributed by atoms with Gasteiger partial charge in [-0.1, -0.05) is 42.5 Å². The highest BCUT2D eigenvalue weighted by atomic mass is 16.5. The van der Waals surface area contributed by atoms with Crippen LogP contribution in [0.4, 0.5) is 0 Å². The molecule has 1 saturated heterocycles. The van der Waals surface area contributed by atoms with Gasteiger partial charge in [0.1, 0.15) is 5.82 Å². The number of carbonyl (C=O) groups excluding carboxylic acids is 1. The lowest BCUT2D eigenvalue weighted by molar-refractivity contribution is -0.142. The van der Waals surface area contributed by atoms with Gasteiger partial charge in [-0.3, -0.25) is 4.79 Å². The van der Waals surface area contributed by atoms with Gasteiger partial charge in [0.25, 0.3) is 5.91 Å². The number of carbonyl (C=O) groups is 1. The predicted octanol–water partition coefficient (Wildman–Crippen LogP) is 2.84. The highest BCUT2D eigenvalue weighted by molar-refractivity contribution is 5.82. The van der Waals surface area contributed by atoms with Crippen molar-refractivity contribution < 1.29 is 14.6 Å². The minimum Gasteiger partial charge on any atom is -0.385 e. The third-order valence-corrected chi connectivity index (χ3v) is 6.29. The highest BCUT2D eigenvalue weighted by Crippen LogP contribution is 2.30. The number of methoxy groups -OCH3 is 1. The molecule has 1 aliphatic rings. The zero-order valence-corrected chi connectivity index (χ0v) is 18.6. The Balaban J connectivity index is 1.53. The lowest BCUT2D eigenvalue weighted by Gasteiger charge is -2.35. The van der Waals surface area contributed by atoms with Crippen molar-refractivity contribution in [1.82, 2.24) is 14.5 Å². The number of nitrogens with two attached hydrogens (primary N) is 1. The summed E-state index contributed by atoms with van der Waals surface area (Å²) in [6, 6.07) is 16.7. The summed E-state index contributed by atoms with van der Waals surface area (Å²) < 4.78 is 7.51. The number of amides is 1. The van der Waals surface area contributed by atoms with Crippen LogP contribution in [0.2, 0.25) is 0 Å². The fourth-order valence-electron chi connectivity index (χ4n) is 4.59. The summed E-state index contributed by atoms with van der Waals surface area (Å²) in [5.41, 5.74) is 9.03. The number of fused-ring (bicyclic) bond motifs is 1. The Morgan fingerprint density at radius 3 is 2.75 bits per heavy atom. The van der Waals surface area contributed by atoms with Crippen molar-refractivity contribution in [3.05, 3.63) is 66.0 Å². The van der Waals surface area contributed by atoms with E-state index >= 15 is 0 Å². The Hall–Kier alpha value is -2.74. The number of benzene rings is 2. The summed E-state index contributed by atoms with van der Waals surface area (Å²) in [5, 5.41) is 10.7. The number of aliphatic hydroxyl groups excluding tert-OH is 1. The van der Waals surface area contributed by atoms with Gasteiger partial charge in [-0.15, -0.1) is 0 Å². The van der Waals surface area contributed by atoms with Crippen molar-refractivity contribution in [3.63, 3.8) is 0 Å². The van der Waals surface area contributed by atoms with Crippen LogP contribution >= 0.6 is 0 Å². The first-order valence-electron chi connectivity index (χ1n) is 11.3. The first-order chi connectivity index (χ1) is 15.6. The number of para-hydroxylation sites is 2. The first-order valence-corrected chi connectivity index (χ1v) is 11.3. The van der Waals surface area contributed by atoms with Gasteiger partial charge in [0.15, 0.2) is 6.10 Å². The molecule has 7 nitrogen and oxygen atoms in total. The van der Waals surface area contributed by atoms with Crippen LogP contribution in [-0.4, -0.2) is 58.4 Å². The molecule has 3 aromatic rings. The summed E-state index contributed by atoms with van der Waals surface area (Å²) >= 11 is 0. The van der Waals surface area contributed by atoms with Crippen LogP contribution in [0.25, 0.3) is 11.0 Å². The van der Waals surface area contributed by atoms with Crippen LogP contribution in [0.5, 0.6) is 0 Å². The monoisotopic (exact) mass is 436 g/mol. The maximum absolute atomic E-state index is 13.1. The molecule has 3 N–H and O–H groups in total. The normalized spacial score (nSPS) is 18.6. The molecule has 0 unspecified atom stereocenters. The van der Waals surface area contributed by atoms with Crippen LogP contribution in [0.15, 0.2) is 54.6 Å². The Morgan fingerprint density at radius 2 is 1.97 bits per heavy atom. The number of nitrogens with zero attached hydrogens (tertiary/aromatic N) is 3. The number of piperidine rings is 1. The Kier molecular flexibility index (Phi) is 7.19. The molecule has 2 aromatic carbocycles. The largest absolute Gasteiger partial charge is 0.385 e. The quantitative estimate of drug-likeness (QED) is 0.530. The Morgan fingerprint density at radius 1 is 1.22 bits per heavy atom. The van der Waals surface area contributed by atoms with Crippen LogP contribution in [0.3, 0.4) is 0 Å². The number of hydrogen-bond donors (Lipinski definition) is 2. The molecular weight excluding hydrogens is 404 g/mol. The Bertz CT molecular complexity index is 1040. The van der Waals surface area contributed by atoms with E-state index in [2.05, 4.69) is 10.6 Å². The van der Waals surface area contributed by atoms with Gasteiger partial charge < -0.3 is 25.0 Å². The molecule has 0 spiro atoms. The highest BCUT2D eigenvalue weighted by Gasteiger charge is 2.33. The molecule has 32 heavy (non-hydrogen) atoms. The lowest BCUT2D eigenvalue weighted by atomic mass is 9.95. The number of aromatic nitrogens is 2. The van der Waals surface area contributed by atoms with Crippen molar-refractivity contribution >= 4 is 16.9 Å². The molecule has 0 radical (unpaired) electrons. The van der Waals surface area contributed by atoms with Gasteiger partial charge in [0.2, 0.25) is 0 Å². The molecule has 0 aliphatic carbocycles. The van der Waals surface area contributed by atoms with Crippen LogP contribution in [0.1, 0.15) is 42.6 Å². The van der Waals surface area contributed by atoms with E-state index in [1.165, 1.54) is 0 Å². The number of ether oxygens (including phenoxy) is 1. The first kappa shape index (κ1) is 22.5. The molecule has 1 aliphatic heterocycles. The zero-order valence-electron chi connectivity index (χ0n) is 18.6. The average Bonchev–Trinajstić information content (AvgIpc) is 3.22. The number of hydrogen-bond acceptors (Lipinski definition) is 5. The summed E-state index contributed by atoms with van der Waals surface area (Å²) in [7, 11) is 1.71. The van der Waals surface area contributed by atoms with E-state index in [1.54, 1.807) is 12.0 Å². The molecule has 0 saturated carbocycles. The van der Waals surface area contributed by atoms with Crippen LogP contribution in [0, 0.1) is 0 Å². The van der Waals surface area contributed by atoms with Crippen molar-refractivity contribution in [2.45, 2.75) is 43.9 Å².